The average Bonchev–Trinajstić information content (AvgIpc) is 2.44. The summed E-state index contributed by atoms with van der Waals surface area (Å²) in [5.74, 6) is 0.297. The van der Waals surface area contributed by atoms with Gasteiger partial charge in [0.1, 0.15) is 0 Å². The summed E-state index contributed by atoms with van der Waals surface area (Å²) in [6, 6.07) is 10.3. The number of H-pyrrole nitrogens is 1. The Bertz CT molecular complexity index is 619. The van der Waals surface area contributed by atoms with E-state index in [0.29, 0.717) is 12.4 Å². The molecule has 1 heterocycles. The second-order valence-corrected chi connectivity index (χ2v) is 4.98. The zero-order valence-corrected chi connectivity index (χ0v) is 12.1. The summed E-state index contributed by atoms with van der Waals surface area (Å²) in [5.41, 5.74) is 0.821. The van der Waals surface area contributed by atoms with Crippen molar-refractivity contribution in [2.45, 2.75) is 6.42 Å². The highest BCUT2D eigenvalue weighted by Crippen LogP contribution is 2.10. The fraction of sp³-hybridized carbons (Fsp3) is 0.154. The standard InChI is InChI=1S/C13H13BrN4O2/c14-10-3-1-9(2-4-10)7-8-15-13(20)16-11-5-6-12(19)18-17-11/h1-6H,7-8H2,(H,18,19)(H2,15,16,17,20). The van der Waals surface area contributed by atoms with E-state index >= 15 is 0 Å². The number of nitrogens with zero attached hydrogens (tertiary/aromatic N) is 1. The number of urea groups is 1. The summed E-state index contributed by atoms with van der Waals surface area (Å²) >= 11 is 3.37. The SMILES string of the molecule is O=C(NCCc1ccc(Br)cc1)Nc1ccc(=O)[nH]n1. The minimum atomic E-state index is -0.360. The van der Waals surface area contributed by atoms with Crippen LogP contribution in [0.5, 0.6) is 0 Å². The van der Waals surface area contributed by atoms with Crippen LogP contribution >= 0.6 is 15.9 Å². The zero-order valence-electron chi connectivity index (χ0n) is 10.5. The van der Waals surface area contributed by atoms with Crippen LogP contribution < -0.4 is 16.2 Å². The number of amides is 2. The number of hydrogen-bond donors (Lipinski definition) is 3. The molecule has 0 bridgehead atoms. The number of anilines is 1. The van der Waals surface area contributed by atoms with Gasteiger partial charge in [-0.25, -0.2) is 9.89 Å². The first kappa shape index (κ1) is 14.3. The Morgan fingerprint density at radius 1 is 1.20 bits per heavy atom. The summed E-state index contributed by atoms with van der Waals surface area (Å²) in [5, 5.41) is 11.2. The molecule has 0 spiro atoms. The molecule has 6 nitrogen and oxygen atoms in total. The number of benzene rings is 1. The van der Waals surface area contributed by atoms with Crippen molar-refractivity contribution in [1.82, 2.24) is 15.5 Å². The third-order valence-electron chi connectivity index (χ3n) is 2.53. The van der Waals surface area contributed by atoms with E-state index in [2.05, 4.69) is 36.8 Å². The van der Waals surface area contributed by atoms with E-state index in [9.17, 15) is 9.59 Å². The molecule has 104 valence electrons. The van der Waals surface area contributed by atoms with Gasteiger partial charge in [-0.3, -0.25) is 10.1 Å². The summed E-state index contributed by atoms with van der Waals surface area (Å²) < 4.78 is 1.02. The van der Waals surface area contributed by atoms with E-state index in [1.54, 1.807) is 0 Å². The molecule has 0 aliphatic heterocycles. The fourth-order valence-corrected chi connectivity index (χ4v) is 1.81. The van der Waals surface area contributed by atoms with Gasteiger partial charge in [-0.05, 0) is 30.2 Å². The maximum absolute atomic E-state index is 11.6. The second kappa shape index (κ2) is 6.85. The van der Waals surface area contributed by atoms with Crippen LogP contribution in [0, 0.1) is 0 Å². The Morgan fingerprint density at radius 2 is 1.95 bits per heavy atom. The first-order valence-electron chi connectivity index (χ1n) is 5.98. The molecule has 0 saturated heterocycles. The third-order valence-corrected chi connectivity index (χ3v) is 3.06. The van der Waals surface area contributed by atoms with Gasteiger partial charge in [0.25, 0.3) is 5.56 Å². The van der Waals surface area contributed by atoms with Crippen LogP contribution in [0.4, 0.5) is 10.6 Å². The van der Waals surface area contributed by atoms with Crippen LogP contribution in [-0.2, 0) is 6.42 Å². The van der Waals surface area contributed by atoms with Crippen molar-refractivity contribution < 1.29 is 4.79 Å². The van der Waals surface area contributed by atoms with Gasteiger partial charge in [0.2, 0.25) is 0 Å². The Kier molecular flexibility index (Phi) is 4.89. The summed E-state index contributed by atoms with van der Waals surface area (Å²) in [6.07, 6.45) is 0.736. The van der Waals surface area contributed by atoms with Gasteiger partial charge in [-0.2, -0.15) is 5.10 Å². The second-order valence-electron chi connectivity index (χ2n) is 4.06. The van der Waals surface area contributed by atoms with E-state index < -0.39 is 0 Å². The molecule has 2 aromatic rings. The Hall–Kier alpha value is -2.15. The lowest BCUT2D eigenvalue weighted by Gasteiger charge is -2.06. The highest BCUT2D eigenvalue weighted by Gasteiger charge is 2.02. The average molecular weight is 337 g/mol. The number of halogens is 1. The molecule has 0 aliphatic carbocycles. The number of nitrogens with one attached hydrogen (secondary N) is 3. The lowest BCUT2D eigenvalue weighted by Crippen LogP contribution is -2.31. The lowest BCUT2D eigenvalue weighted by atomic mass is 10.1. The molecule has 3 N–H and O–H groups in total. The Balaban J connectivity index is 1.76. The quantitative estimate of drug-likeness (QED) is 0.796. The van der Waals surface area contributed by atoms with Crippen LogP contribution in [0.1, 0.15) is 5.56 Å². The van der Waals surface area contributed by atoms with Gasteiger partial charge in [0.05, 0.1) is 0 Å². The highest BCUT2D eigenvalue weighted by molar-refractivity contribution is 9.10. The first-order chi connectivity index (χ1) is 9.63. The Labute approximate surface area is 123 Å². The molecule has 0 unspecified atom stereocenters. The molecule has 0 saturated carbocycles. The van der Waals surface area contributed by atoms with E-state index in [-0.39, 0.29) is 11.6 Å². The van der Waals surface area contributed by atoms with Crippen molar-refractivity contribution in [3.05, 3.63) is 56.8 Å². The minimum Gasteiger partial charge on any atom is -0.337 e. The molecule has 20 heavy (non-hydrogen) atoms. The molecule has 0 fully saturated rings. The molecule has 1 aromatic carbocycles. The number of carbonyl (C=O) groups is 1. The highest BCUT2D eigenvalue weighted by atomic mass is 79.9. The van der Waals surface area contributed by atoms with Gasteiger partial charge in [-0.15, -0.1) is 0 Å². The van der Waals surface area contributed by atoms with Crippen molar-refractivity contribution in [1.29, 1.82) is 0 Å². The van der Waals surface area contributed by atoms with E-state index in [1.807, 2.05) is 24.3 Å². The fourth-order valence-electron chi connectivity index (χ4n) is 1.55. The topological polar surface area (TPSA) is 86.9 Å². The third kappa shape index (κ3) is 4.51. The van der Waals surface area contributed by atoms with Crippen molar-refractivity contribution in [2.75, 3.05) is 11.9 Å². The smallest absolute Gasteiger partial charge is 0.320 e. The molecule has 0 atom stereocenters. The number of carbonyl (C=O) groups excluding carboxylic acids is 1. The van der Waals surface area contributed by atoms with Crippen molar-refractivity contribution >= 4 is 27.8 Å². The molecular formula is C13H13BrN4O2. The van der Waals surface area contributed by atoms with Crippen LogP contribution in [0.2, 0.25) is 0 Å². The molecule has 2 amide bonds. The maximum Gasteiger partial charge on any atom is 0.320 e. The number of rotatable bonds is 4. The molecule has 0 radical (unpaired) electrons. The van der Waals surface area contributed by atoms with Crippen molar-refractivity contribution in [2.24, 2.45) is 0 Å². The predicted octanol–water partition coefficient (Wildman–Crippen LogP) is 1.90. The summed E-state index contributed by atoms with van der Waals surface area (Å²) in [7, 11) is 0. The van der Waals surface area contributed by atoms with E-state index in [0.717, 1.165) is 16.5 Å². The number of hydrogen-bond acceptors (Lipinski definition) is 3. The lowest BCUT2D eigenvalue weighted by molar-refractivity contribution is 0.252. The normalized spacial score (nSPS) is 10.1. The van der Waals surface area contributed by atoms with Gasteiger partial charge < -0.3 is 5.32 Å². The van der Waals surface area contributed by atoms with Gasteiger partial charge >= 0.3 is 6.03 Å². The summed E-state index contributed by atoms with van der Waals surface area (Å²) in [6.45, 7) is 0.511. The van der Waals surface area contributed by atoms with Gasteiger partial charge in [0.15, 0.2) is 5.82 Å². The monoisotopic (exact) mass is 336 g/mol. The number of aromatic amines is 1. The first-order valence-corrected chi connectivity index (χ1v) is 6.78. The minimum absolute atomic E-state index is 0.297. The van der Waals surface area contributed by atoms with Crippen LogP contribution in [0.3, 0.4) is 0 Å². The molecule has 0 aliphatic rings. The van der Waals surface area contributed by atoms with Crippen LogP contribution in [0.15, 0.2) is 45.7 Å². The van der Waals surface area contributed by atoms with Crippen molar-refractivity contribution in [3.63, 3.8) is 0 Å². The van der Waals surface area contributed by atoms with Gasteiger partial charge in [-0.1, -0.05) is 28.1 Å². The van der Waals surface area contributed by atoms with E-state index in [4.69, 9.17) is 0 Å². The molecular weight excluding hydrogens is 324 g/mol. The molecule has 1 aromatic heterocycles. The van der Waals surface area contributed by atoms with E-state index in [1.165, 1.54) is 12.1 Å². The number of aromatic nitrogens is 2. The molecule has 7 heteroatoms. The summed E-state index contributed by atoms with van der Waals surface area (Å²) in [4.78, 5) is 22.4. The zero-order chi connectivity index (χ0) is 14.4. The Morgan fingerprint density at radius 3 is 2.60 bits per heavy atom. The molecule has 2 rings (SSSR count). The largest absolute Gasteiger partial charge is 0.337 e. The van der Waals surface area contributed by atoms with Crippen LogP contribution in [-0.4, -0.2) is 22.8 Å². The maximum atomic E-state index is 11.6. The predicted molar refractivity (Wildman–Crippen MR) is 79.7 cm³/mol. The van der Waals surface area contributed by atoms with Crippen molar-refractivity contribution in [3.8, 4) is 0 Å². The van der Waals surface area contributed by atoms with Crippen LogP contribution in [0.25, 0.3) is 0 Å². The van der Waals surface area contributed by atoms with Gasteiger partial charge in [0, 0.05) is 17.1 Å².